The second-order valence-corrected chi connectivity index (χ2v) is 7.22. The first-order valence-corrected chi connectivity index (χ1v) is 9.34. The molecule has 29 heavy (non-hydrogen) atoms. The predicted octanol–water partition coefficient (Wildman–Crippen LogP) is 3.17. The zero-order valence-corrected chi connectivity index (χ0v) is 16.3. The van der Waals surface area contributed by atoms with Crippen molar-refractivity contribution >= 4 is 11.7 Å². The number of piperidine rings is 1. The number of rotatable bonds is 5. The van der Waals surface area contributed by atoms with Crippen LogP contribution in [0.1, 0.15) is 24.0 Å². The predicted molar refractivity (Wildman–Crippen MR) is 102 cm³/mol. The molecule has 1 atom stereocenters. The highest BCUT2D eigenvalue weighted by Gasteiger charge is 2.31. The third-order valence-electron chi connectivity index (χ3n) is 4.71. The molecule has 1 aromatic carbocycles. The summed E-state index contributed by atoms with van der Waals surface area (Å²) in [5, 5.41) is 8.10. The molecule has 1 amide bonds. The number of aromatic nitrogens is 2. The Labute approximate surface area is 167 Å². The minimum atomic E-state index is -4.42. The second kappa shape index (κ2) is 8.67. The van der Waals surface area contributed by atoms with Gasteiger partial charge in [0.05, 0.1) is 18.5 Å². The molecular formula is C20H23F3N4O2. The summed E-state index contributed by atoms with van der Waals surface area (Å²) in [4.78, 5) is 16.1. The molecule has 156 valence electrons. The third-order valence-corrected chi connectivity index (χ3v) is 4.71. The van der Waals surface area contributed by atoms with Crippen LogP contribution < -0.4 is 9.64 Å². The first-order chi connectivity index (χ1) is 13.7. The number of halogens is 3. The van der Waals surface area contributed by atoms with Gasteiger partial charge >= 0.3 is 6.18 Å². The first kappa shape index (κ1) is 20.9. The van der Waals surface area contributed by atoms with E-state index in [0.29, 0.717) is 30.4 Å². The van der Waals surface area contributed by atoms with E-state index in [4.69, 9.17) is 4.74 Å². The first-order valence-electron chi connectivity index (χ1n) is 9.34. The van der Waals surface area contributed by atoms with Crippen molar-refractivity contribution in [3.8, 4) is 5.88 Å². The summed E-state index contributed by atoms with van der Waals surface area (Å²) in [5.74, 6) is 0.873. The number of alkyl halides is 3. The van der Waals surface area contributed by atoms with Crippen molar-refractivity contribution in [1.82, 2.24) is 15.1 Å². The molecule has 0 aliphatic carbocycles. The summed E-state index contributed by atoms with van der Waals surface area (Å²) in [6.45, 7) is 0.928. The summed E-state index contributed by atoms with van der Waals surface area (Å²) >= 11 is 0. The zero-order valence-electron chi connectivity index (χ0n) is 16.3. The molecule has 1 saturated heterocycles. The molecule has 2 heterocycles. The Kier molecular flexibility index (Phi) is 6.24. The van der Waals surface area contributed by atoms with Gasteiger partial charge in [-0.1, -0.05) is 18.2 Å². The van der Waals surface area contributed by atoms with Gasteiger partial charge < -0.3 is 14.5 Å². The van der Waals surface area contributed by atoms with Crippen LogP contribution in [0.5, 0.6) is 5.88 Å². The molecule has 1 aliphatic rings. The van der Waals surface area contributed by atoms with Crippen LogP contribution in [0.4, 0.5) is 19.0 Å². The number of anilines is 1. The van der Waals surface area contributed by atoms with Crippen LogP contribution in [0.3, 0.4) is 0 Å². The number of benzene rings is 1. The molecular weight excluding hydrogens is 385 g/mol. The Morgan fingerprint density at radius 3 is 2.69 bits per heavy atom. The number of likely N-dealkylation sites (tertiary alicyclic amines) is 1. The van der Waals surface area contributed by atoms with E-state index in [9.17, 15) is 18.0 Å². The van der Waals surface area contributed by atoms with E-state index in [1.165, 1.54) is 12.1 Å². The van der Waals surface area contributed by atoms with E-state index in [2.05, 4.69) is 10.2 Å². The smallest absolute Gasteiger partial charge is 0.416 e. The molecule has 1 fully saturated rings. The summed E-state index contributed by atoms with van der Waals surface area (Å²) in [7, 11) is 3.72. The molecule has 1 aliphatic heterocycles. The van der Waals surface area contributed by atoms with Gasteiger partial charge in [0.2, 0.25) is 11.8 Å². The third kappa shape index (κ3) is 5.58. The lowest BCUT2D eigenvalue weighted by Gasteiger charge is -2.32. The van der Waals surface area contributed by atoms with Crippen LogP contribution in [0.25, 0.3) is 0 Å². The Bertz CT molecular complexity index is 840. The number of carbonyl (C=O) groups excluding carboxylic acids is 1. The second-order valence-electron chi connectivity index (χ2n) is 7.22. The number of carbonyl (C=O) groups is 1. The van der Waals surface area contributed by atoms with Gasteiger partial charge in [0.25, 0.3) is 0 Å². The van der Waals surface area contributed by atoms with E-state index >= 15 is 0 Å². The van der Waals surface area contributed by atoms with Crippen LogP contribution in [-0.4, -0.2) is 54.3 Å². The molecule has 0 saturated carbocycles. The van der Waals surface area contributed by atoms with Crippen LogP contribution >= 0.6 is 0 Å². The van der Waals surface area contributed by atoms with Crippen LogP contribution in [0, 0.1) is 0 Å². The van der Waals surface area contributed by atoms with Gasteiger partial charge in [-0.25, -0.2) is 0 Å². The fraction of sp³-hybridized carbons (Fsp3) is 0.450. The molecule has 0 N–H and O–H groups in total. The van der Waals surface area contributed by atoms with Gasteiger partial charge in [-0.3, -0.25) is 4.79 Å². The van der Waals surface area contributed by atoms with E-state index in [0.717, 1.165) is 25.0 Å². The minimum Gasteiger partial charge on any atom is -0.471 e. The number of hydrogen-bond donors (Lipinski definition) is 0. The van der Waals surface area contributed by atoms with Crippen molar-refractivity contribution in [2.24, 2.45) is 0 Å². The summed E-state index contributed by atoms with van der Waals surface area (Å²) in [6.07, 6.45) is -3.21. The monoisotopic (exact) mass is 408 g/mol. The lowest BCUT2D eigenvalue weighted by molar-refractivity contribution is -0.138. The molecule has 1 aromatic heterocycles. The fourth-order valence-electron chi connectivity index (χ4n) is 3.19. The van der Waals surface area contributed by atoms with Crippen LogP contribution in [-0.2, 0) is 17.4 Å². The number of ether oxygens (including phenoxy) is 1. The molecule has 9 heteroatoms. The maximum Gasteiger partial charge on any atom is 0.416 e. The number of amides is 1. The highest BCUT2D eigenvalue weighted by atomic mass is 19.4. The van der Waals surface area contributed by atoms with Crippen molar-refractivity contribution in [1.29, 1.82) is 0 Å². The van der Waals surface area contributed by atoms with Gasteiger partial charge in [-0.15, -0.1) is 10.2 Å². The van der Waals surface area contributed by atoms with Gasteiger partial charge in [0.1, 0.15) is 6.10 Å². The average Bonchev–Trinajstić information content (AvgIpc) is 2.68. The fourth-order valence-corrected chi connectivity index (χ4v) is 3.19. The lowest BCUT2D eigenvalue weighted by Crippen LogP contribution is -2.45. The van der Waals surface area contributed by atoms with Crippen molar-refractivity contribution in [2.75, 3.05) is 32.1 Å². The zero-order chi connectivity index (χ0) is 21.0. The van der Waals surface area contributed by atoms with Gasteiger partial charge in [-0.2, -0.15) is 13.2 Å². The highest BCUT2D eigenvalue weighted by Crippen LogP contribution is 2.29. The average molecular weight is 408 g/mol. The molecule has 2 aromatic rings. The SMILES string of the molecule is CN(C)c1ccc(OC2CCCN(C(=O)Cc3cccc(C(F)(F)F)c3)C2)nn1. The normalized spacial score (nSPS) is 17.1. The Hall–Kier alpha value is -2.84. The largest absolute Gasteiger partial charge is 0.471 e. The van der Waals surface area contributed by atoms with Crippen molar-refractivity contribution < 1.29 is 22.7 Å². The lowest BCUT2D eigenvalue weighted by atomic mass is 10.0. The van der Waals surface area contributed by atoms with Crippen molar-refractivity contribution in [3.63, 3.8) is 0 Å². The maximum atomic E-state index is 12.9. The molecule has 3 rings (SSSR count). The Morgan fingerprint density at radius 1 is 1.24 bits per heavy atom. The Balaban J connectivity index is 1.59. The summed E-state index contributed by atoms with van der Waals surface area (Å²) in [6, 6.07) is 8.41. The van der Waals surface area contributed by atoms with E-state index in [1.807, 2.05) is 19.0 Å². The van der Waals surface area contributed by atoms with Crippen molar-refractivity contribution in [2.45, 2.75) is 31.5 Å². The molecule has 1 unspecified atom stereocenters. The topological polar surface area (TPSA) is 58.6 Å². The van der Waals surface area contributed by atoms with Gasteiger partial charge in [-0.05, 0) is 30.5 Å². The maximum absolute atomic E-state index is 12.9. The molecule has 0 bridgehead atoms. The van der Waals surface area contributed by atoms with Gasteiger partial charge in [0, 0.05) is 26.7 Å². The quantitative estimate of drug-likeness (QED) is 0.761. The summed E-state index contributed by atoms with van der Waals surface area (Å²) < 4.78 is 44.4. The minimum absolute atomic E-state index is 0.0754. The Morgan fingerprint density at radius 2 is 2.03 bits per heavy atom. The number of hydrogen-bond acceptors (Lipinski definition) is 5. The molecule has 0 radical (unpaired) electrons. The summed E-state index contributed by atoms with van der Waals surface area (Å²) in [5.41, 5.74) is -0.402. The van der Waals surface area contributed by atoms with E-state index in [1.54, 1.807) is 17.0 Å². The van der Waals surface area contributed by atoms with Crippen LogP contribution in [0.2, 0.25) is 0 Å². The highest BCUT2D eigenvalue weighted by molar-refractivity contribution is 5.79. The standard InChI is InChI=1S/C20H23F3N4O2/c1-26(2)17-8-9-18(25-24-17)29-16-7-4-10-27(13-16)19(28)12-14-5-3-6-15(11-14)20(21,22)23/h3,5-6,8-9,11,16H,4,7,10,12-13H2,1-2H3. The van der Waals surface area contributed by atoms with Crippen molar-refractivity contribution in [3.05, 3.63) is 47.5 Å². The van der Waals surface area contributed by atoms with E-state index in [-0.39, 0.29) is 18.4 Å². The molecule has 0 spiro atoms. The van der Waals surface area contributed by atoms with Gasteiger partial charge in [0.15, 0.2) is 5.82 Å². The van der Waals surface area contributed by atoms with E-state index < -0.39 is 11.7 Å². The molecule has 6 nitrogen and oxygen atoms in total. The number of nitrogens with zero attached hydrogens (tertiary/aromatic N) is 4. The van der Waals surface area contributed by atoms with Crippen LogP contribution in [0.15, 0.2) is 36.4 Å².